The van der Waals surface area contributed by atoms with E-state index in [4.69, 9.17) is 17.3 Å². The summed E-state index contributed by atoms with van der Waals surface area (Å²) in [6.45, 7) is 3.13. The Morgan fingerprint density at radius 3 is 2.52 bits per heavy atom. The molecule has 2 amide bonds. The number of hydrogen-bond acceptors (Lipinski definition) is 4. The van der Waals surface area contributed by atoms with Crippen LogP contribution < -0.4 is 11.1 Å². The molecule has 142 valence electrons. The van der Waals surface area contributed by atoms with Crippen LogP contribution in [0.4, 0.5) is 5.82 Å². The molecule has 0 radical (unpaired) electrons. The van der Waals surface area contributed by atoms with Crippen LogP contribution in [0.3, 0.4) is 0 Å². The van der Waals surface area contributed by atoms with Gasteiger partial charge in [0.25, 0.3) is 0 Å². The van der Waals surface area contributed by atoms with Gasteiger partial charge in [0.2, 0.25) is 11.8 Å². The van der Waals surface area contributed by atoms with Crippen molar-refractivity contribution >= 4 is 54.0 Å². The molecule has 9 heteroatoms. The van der Waals surface area contributed by atoms with Crippen molar-refractivity contribution in [2.75, 3.05) is 18.4 Å². The van der Waals surface area contributed by atoms with Crippen molar-refractivity contribution in [2.24, 2.45) is 11.7 Å². The SMILES string of the molecule is CC(N)CCC(=O)N1CCC(C(=O)Nc2ccc(Cl)cn2)CC1.Cl.Cl. The van der Waals surface area contributed by atoms with Gasteiger partial charge in [-0.05, 0) is 38.3 Å². The van der Waals surface area contributed by atoms with Crippen LogP contribution in [0.15, 0.2) is 18.3 Å². The Balaban J connectivity index is 0.00000288. The largest absolute Gasteiger partial charge is 0.343 e. The van der Waals surface area contributed by atoms with Crippen LogP contribution in [0.1, 0.15) is 32.6 Å². The Morgan fingerprint density at radius 1 is 1.36 bits per heavy atom. The van der Waals surface area contributed by atoms with Gasteiger partial charge in [-0.2, -0.15) is 0 Å². The maximum atomic E-state index is 12.2. The standard InChI is InChI=1S/C16H23ClN4O2.2ClH/c1-11(18)2-5-15(22)21-8-6-12(7-9-21)16(23)20-14-4-3-13(17)10-19-14;;/h3-4,10-12H,2,5-9,18H2,1H3,(H,19,20,23);2*1H. The summed E-state index contributed by atoms with van der Waals surface area (Å²) in [5.74, 6) is 0.475. The van der Waals surface area contributed by atoms with Crippen molar-refractivity contribution in [2.45, 2.75) is 38.6 Å². The number of piperidine rings is 1. The monoisotopic (exact) mass is 410 g/mol. The summed E-state index contributed by atoms with van der Waals surface area (Å²) in [5.41, 5.74) is 5.68. The molecular formula is C16H25Cl3N4O2. The zero-order valence-corrected chi connectivity index (χ0v) is 16.5. The zero-order chi connectivity index (χ0) is 16.8. The number of halogens is 3. The molecule has 1 aromatic rings. The molecule has 1 unspecified atom stereocenters. The van der Waals surface area contributed by atoms with Gasteiger partial charge in [0.1, 0.15) is 5.82 Å². The Kier molecular flexibility index (Phi) is 11.0. The van der Waals surface area contributed by atoms with E-state index in [0.717, 1.165) is 0 Å². The number of rotatable bonds is 5. The predicted molar refractivity (Wildman–Crippen MR) is 105 cm³/mol. The maximum absolute atomic E-state index is 12.2. The Morgan fingerprint density at radius 2 is 2.00 bits per heavy atom. The van der Waals surface area contributed by atoms with E-state index in [2.05, 4.69) is 10.3 Å². The summed E-state index contributed by atoms with van der Waals surface area (Å²) in [6.07, 6.45) is 4.01. The van der Waals surface area contributed by atoms with Crippen molar-refractivity contribution < 1.29 is 9.59 Å². The molecular weight excluding hydrogens is 387 g/mol. The lowest BCUT2D eigenvalue weighted by Crippen LogP contribution is -2.41. The Bertz CT molecular complexity index is 547. The van der Waals surface area contributed by atoms with Crippen LogP contribution in [-0.4, -0.2) is 40.8 Å². The molecule has 1 aliphatic heterocycles. The average Bonchev–Trinajstić information content (AvgIpc) is 2.55. The quantitative estimate of drug-likeness (QED) is 0.779. The molecule has 1 fully saturated rings. The Hall–Kier alpha value is -1.08. The van der Waals surface area contributed by atoms with Gasteiger partial charge in [-0.3, -0.25) is 9.59 Å². The normalized spacial score (nSPS) is 15.6. The summed E-state index contributed by atoms with van der Waals surface area (Å²) < 4.78 is 0. The van der Waals surface area contributed by atoms with Gasteiger partial charge in [-0.1, -0.05) is 11.6 Å². The first-order valence-corrected chi connectivity index (χ1v) is 8.29. The van der Waals surface area contributed by atoms with E-state index in [1.807, 2.05) is 11.8 Å². The molecule has 1 aromatic heterocycles. The van der Waals surface area contributed by atoms with E-state index < -0.39 is 0 Å². The fourth-order valence-electron chi connectivity index (χ4n) is 2.58. The smallest absolute Gasteiger partial charge is 0.228 e. The van der Waals surface area contributed by atoms with Crippen LogP contribution in [0.2, 0.25) is 5.02 Å². The highest BCUT2D eigenvalue weighted by Crippen LogP contribution is 2.20. The third kappa shape index (κ3) is 7.77. The number of nitrogens with one attached hydrogen (secondary N) is 1. The summed E-state index contributed by atoms with van der Waals surface area (Å²) in [6, 6.07) is 3.39. The average molecular weight is 412 g/mol. The first-order chi connectivity index (χ1) is 11.0. The lowest BCUT2D eigenvalue weighted by atomic mass is 9.95. The third-order valence-electron chi connectivity index (χ3n) is 4.01. The predicted octanol–water partition coefficient (Wildman–Crippen LogP) is 2.88. The van der Waals surface area contributed by atoms with Crippen molar-refractivity contribution in [3.05, 3.63) is 23.4 Å². The first kappa shape index (κ1) is 23.9. The second-order valence-electron chi connectivity index (χ2n) is 6.02. The molecule has 1 atom stereocenters. The van der Waals surface area contributed by atoms with Crippen LogP contribution >= 0.6 is 36.4 Å². The highest BCUT2D eigenvalue weighted by molar-refractivity contribution is 6.30. The zero-order valence-electron chi connectivity index (χ0n) is 14.1. The van der Waals surface area contributed by atoms with Crippen LogP contribution in [0, 0.1) is 5.92 Å². The van der Waals surface area contributed by atoms with Gasteiger partial charge in [0.15, 0.2) is 0 Å². The van der Waals surface area contributed by atoms with E-state index in [-0.39, 0.29) is 48.6 Å². The van der Waals surface area contributed by atoms with Gasteiger partial charge in [-0.15, -0.1) is 24.8 Å². The number of amides is 2. The van der Waals surface area contributed by atoms with Gasteiger partial charge >= 0.3 is 0 Å². The van der Waals surface area contributed by atoms with Crippen molar-refractivity contribution in [1.29, 1.82) is 0 Å². The number of pyridine rings is 1. The lowest BCUT2D eigenvalue weighted by molar-refractivity contribution is -0.134. The highest BCUT2D eigenvalue weighted by Gasteiger charge is 2.27. The molecule has 2 rings (SSSR count). The molecule has 0 aliphatic carbocycles. The van der Waals surface area contributed by atoms with E-state index in [0.29, 0.717) is 49.6 Å². The lowest BCUT2D eigenvalue weighted by Gasteiger charge is -2.31. The molecule has 0 spiro atoms. The van der Waals surface area contributed by atoms with Crippen molar-refractivity contribution in [1.82, 2.24) is 9.88 Å². The van der Waals surface area contributed by atoms with Crippen LogP contribution in [0.5, 0.6) is 0 Å². The second-order valence-corrected chi connectivity index (χ2v) is 6.46. The van der Waals surface area contributed by atoms with E-state index >= 15 is 0 Å². The van der Waals surface area contributed by atoms with Gasteiger partial charge in [-0.25, -0.2) is 4.98 Å². The number of carbonyl (C=O) groups excluding carboxylic acids is 2. The van der Waals surface area contributed by atoms with E-state index in [9.17, 15) is 9.59 Å². The summed E-state index contributed by atoms with van der Waals surface area (Å²) in [5, 5.41) is 3.32. The van der Waals surface area contributed by atoms with Crippen molar-refractivity contribution in [3.63, 3.8) is 0 Å². The second kappa shape index (κ2) is 11.5. The first-order valence-electron chi connectivity index (χ1n) is 7.91. The van der Waals surface area contributed by atoms with E-state index in [1.165, 1.54) is 6.20 Å². The molecule has 3 N–H and O–H groups in total. The Labute approximate surface area is 165 Å². The minimum Gasteiger partial charge on any atom is -0.343 e. The molecule has 0 aromatic carbocycles. The fourth-order valence-corrected chi connectivity index (χ4v) is 2.69. The van der Waals surface area contributed by atoms with Gasteiger partial charge in [0.05, 0.1) is 5.02 Å². The summed E-state index contributed by atoms with van der Waals surface area (Å²) in [7, 11) is 0. The molecule has 1 saturated heterocycles. The van der Waals surface area contributed by atoms with Crippen LogP contribution in [0.25, 0.3) is 0 Å². The van der Waals surface area contributed by atoms with Crippen LogP contribution in [-0.2, 0) is 9.59 Å². The number of likely N-dealkylation sites (tertiary alicyclic amines) is 1. The molecule has 0 saturated carbocycles. The molecule has 6 nitrogen and oxygen atoms in total. The molecule has 2 heterocycles. The number of nitrogens with zero attached hydrogens (tertiary/aromatic N) is 2. The molecule has 25 heavy (non-hydrogen) atoms. The fraction of sp³-hybridized carbons (Fsp3) is 0.562. The topological polar surface area (TPSA) is 88.3 Å². The van der Waals surface area contributed by atoms with Crippen molar-refractivity contribution in [3.8, 4) is 0 Å². The third-order valence-corrected chi connectivity index (χ3v) is 4.23. The summed E-state index contributed by atoms with van der Waals surface area (Å²) in [4.78, 5) is 30.2. The van der Waals surface area contributed by atoms with Gasteiger partial charge in [0, 0.05) is 37.7 Å². The van der Waals surface area contributed by atoms with E-state index in [1.54, 1.807) is 12.1 Å². The molecule has 1 aliphatic rings. The summed E-state index contributed by atoms with van der Waals surface area (Å²) >= 11 is 5.77. The maximum Gasteiger partial charge on any atom is 0.228 e. The number of hydrogen-bond donors (Lipinski definition) is 2. The minimum absolute atomic E-state index is 0. The molecule has 0 bridgehead atoms. The minimum atomic E-state index is -0.0926. The number of carbonyl (C=O) groups is 2. The number of anilines is 1. The number of nitrogens with two attached hydrogens (primary N) is 1. The van der Waals surface area contributed by atoms with Gasteiger partial charge < -0.3 is 16.0 Å². The number of aromatic nitrogens is 1. The highest BCUT2D eigenvalue weighted by atomic mass is 35.5.